The zero-order valence-electron chi connectivity index (χ0n) is 8.13. The van der Waals surface area contributed by atoms with Gasteiger partial charge in [0.15, 0.2) is 0 Å². The van der Waals surface area contributed by atoms with Crippen LogP contribution in [0.3, 0.4) is 0 Å². The van der Waals surface area contributed by atoms with Gasteiger partial charge in [0, 0.05) is 11.1 Å². The van der Waals surface area contributed by atoms with Crippen LogP contribution in [-0.2, 0) is 6.42 Å². The van der Waals surface area contributed by atoms with Gasteiger partial charge in [0.25, 0.3) is 0 Å². The molecule has 0 saturated heterocycles. The van der Waals surface area contributed by atoms with Crippen molar-refractivity contribution < 1.29 is 9.50 Å². The fraction of sp³-hybridized carbons (Fsp3) is 0.455. The Morgan fingerprint density at radius 2 is 2.21 bits per heavy atom. The van der Waals surface area contributed by atoms with Gasteiger partial charge < -0.3 is 5.11 Å². The number of aliphatic hydroxyl groups is 1. The van der Waals surface area contributed by atoms with Gasteiger partial charge in [-0.05, 0) is 30.0 Å². The predicted molar refractivity (Wildman–Crippen MR) is 58.7 cm³/mol. The molecule has 1 unspecified atom stereocenters. The summed E-state index contributed by atoms with van der Waals surface area (Å²) < 4.78 is 14.1. The number of halogens is 2. The van der Waals surface area contributed by atoms with Crippen LogP contribution in [0.5, 0.6) is 0 Å². The van der Waals surface area contributed by atoms with Gasteiger partial charge in [-0.1, -0.05) is 35.3 Å². The van der Waals surface area contributed by atoms with Crippen LogP contribution in [0.4, 0.5) is 4.39 Å². The highest BCUT2D eigenvalue weighted by Crippen LogP contribution is 2.19. The van der Waals surface area contributed by atoms with Gasteiger partial charge in [-0.2, -0.15) is 0 Å². The molecule has 0 heterocycles. The van der Waals surface area contributed by atoms with Crippen molar-refractivity contribution in [1.82, 2.24) is 0 Å². The molecule has 0 saturated carbocycles. The highest BCUT2D eigenvalue weighted by Gasteiger charge is 2.09. The van der Waals surface area contributed by atoms with Crippen LogP contribution in [0.2, 0.25) is 0 Å². The minimum Gasteiger partial charge on any atom is -0.396 e. The summed E-state index contributed by atoms with van der Waals surface area (Å²) in [5.41, 5.74) is 0.675. The lowest BCUT2D eigenvalue weighted by Gasteiger charge is -2.11. The maximum Gasteiger partial charge on any atom is 0.127 e. The van der Waals surface area contributed by atoms with Crippen molar-refractivity contribution >= 4 is 15.9 Å². The molecule has 1 aromatic rings. The molecule has 0 aromatic heterocycles. The minimum atomic E-state index is -0.203. The van der Waals surface area contributed by atoms with Crippen LogP contribution >= 0.6 is 15.9 Å². The van der Waals surface area contributed by atoms with Crippen molar-refractivity contribution in [2.75, 3.05) is 6.61 Å². The molecule has 0 aliphatic rings. The fourth-order valence-corrected chi connectivity index (χ4v) is 1.67. The van der Waals surface area contributed by atoms with E-state index >= 15 is 0 Å². The smallest absolute Gasteiger partial charge is 0.127 e. The molecule has 1 atom stereocenters. The fourth-order valence-electron chi connectivity index (χ4n) is 1.34. The average molecular weight is 261 g/mol. The Hall–Kier alpha value is -0.410. The largest absolute Gasteiger partial charge is 0.396 e. The van der Waals surface area contributed by atoms with Gasteiger partial charge in [0.05, 0.1) is 0 Å². The Kier molecular flexibility index (Phi) is 4.55. The van der Waals surface area contributed by atoms with E-state index in [0.29, 0.717) is 12.0 Å². The number of rotatable bonds is 4. The van der Waals surface area contributed by atoms with Gasteiger partial charge >= 0.3 is 0 Å². The topological polar surface area (TPSA) is 20.2 Å². The van der Waals surface area contributed by atoms with Crippen molar-refractivity contribution in [3.05, 3.63) is 34.1 Å². The molecular weight excluding hydrogens is 247 g/mol. The van der Waals surface area contributed by atoms with E-state index in [1.807, 2.05) is 13.0 Å². The molecule has 0 spiro atoms. The summed E-state index contributed by atoms with van der Waals surface area (Å²) in [6.07, 6.45) is 1.47. The summed E-state index contributed by atoms with van der Waals surface area (Å²) in [6, 6.07) is 5.04. The molecule has 0 radical (unpaired) electrons. The Morgan fingerprint density at radius 3 is 2.71 bits per heavy atom. The molecule has 78 valence electrons. The first kappa shape index (κ1) is 11.7. The van der Waals surface area contributed by atoms with E-state index in [4.69, 9.17) is 5.11 Å². The van der Waals surface area contributed by atoms with Crippen molar-refractivity contribution in [2.45, 2.75) is 19.8 Å². The van der Waals surface area contributed by atoms with E-state index in [2.05, 4.69) is 15.9 Å². The second-order valence-electron chi connectivity index (χ2n) is 3.40. The predicted octanol–water partition coefficient (Wildman–Crippen LogP) is 3.15. The van der Waals surface area contributed by atoms with Gasteiger partial charge in [0.2, 0.25) is 0 Å². The number of aliphatic hydroxyl groups excluding tert-OH is 1. The molecule has 0 aliphatic heterocycles. The molecule has 1 N–H and O–H groups in total. The molecule has 0 fully saturated rings. The van der Waals surface area contributed by atoms with Crippen LogP contribution in [-0.4, -0.2) is 11.7 Å². The first-order valence-electron chi connectivity index (χ1n) is 4.72. The third-order valence-electron chi connectivity index (χ3n) is 2.36. The summed E-state index contributed by atoms with van der Waals surface area (Å²) in [5.74, 6) is -0.0445. The highest BCUT2D eigenvalue weighted by molar-refractivity contribution is 9.10. The van der Waals surface area contributed by atoms with E-state index in [1.165, 1.54) is 6.07 Å². The molecule has 0 aliphatic carbocycles. The van der Waals surface area contributed by atoms with Crippen molar-refractivity contribution in [3.63, 3.8) is 0 Å². The summed E-state index contributed by atoms with van der Waals surface area (Å²) >= 11 is 3.21. The van der Waals surface area contributed by atoms with Crippen molar-refractivity contribution in [1.29, 1.82) is 0 Å². The summed E-state index contributed by atoms with van der Waals surface area (Å²) in [5, 5.41) is 9.00. The zero-order valence-corrected chi connectivity index (χ0v) is 9.72. The average Bonchev–Trinajstić information content (AvgIpc) is 2.17. The molecule has 3 heteroatoms. The normalized spacial score (nSPS) is 12.9. The van der Waals surface area contributed by atoms with Gasteiger partial charge in [0.1, 0.15) is 5.82 Å². The summed E-state index contributed by atoms with van der Waals surface area (Å²) in [4.78, 5) is 0. The van der Waals surface area contributed by atoms with E-state index in [1.54, 1.807) is 6.07 Å². The Morgan fingerprint density at radius 1 is 1.50 bits per heavy atom. The molecular formula is C11H14BrFO. The van der Waals surface area contributed by atoms with Crippen LogP contribution in [0, 0.1) is 11.7 Å². The molecule has 0 bridgehead atoms. The molecule has 1 aromatic carbocycles. The highest BCUT2D eigenvalue weighted by atomic mass is 79.9. The van der Waals surface area contributed by atoms with E-state index in [0.717, 1.165) is 10.9 Å². The second-order valence-corrected chi connectivity index (χ2v) is 4.31. The summed E-state index contributed by atoms with van der Waals surface area (Å²) in [6.45, 7) is 2.11. The third kappa shape index (κ3) is 3.07. The third-order valence-corrected chi connectivity index (χ3v) is 2.85. The molecule has 0 amide bonds. The molecule has 1 rings (SSSR count). The second kappa shape index (κ2) is 5.47. The monoisotopic (exact) mass is 260 g/mol. The number of hydrogen-bond donors (Lipinski definition) is 1. The maximum atomic E-state index is 13.4. The lowest BCUT2D eigenvalue weighted by Crippen LogP contribution is -2.09. The molecule has 1 nitrogen and oxygen atoms in total. The van der Waals surface area contributed by atoms with Crippen LogP contribution in [0.15, 0.2) is 22.7 Å². The van der Waals surface area contributed by atoms with E-state index in [-0.39, 0.29) is 18.3 Å². The van der Waals surface area contributed by atoms with Crippen molar-refractivity contribution in [2.24, 2.45) is 5.92 Å². The number of hydrogen-bond acceptors (Lipinski definition) is 1. The zero-order chi connectivity index (χ0) is 10.6. The Bertz CT molecular complexity index is 297. The van der Waals surface area contributed by atoms with Gasteiger partial charge in [-0.15, -0.1) is 0 Å². The Labute approximate surface area is 92.1 Å². The maximum absolute atomic E-state index is 13.4. The standard InChI is InChI=1S/C11H14BrFO/c1-2-8(7-14)5-9-3-4-10(12)6-11(9)13/h3-4,6,8,14H,2,5,7H2,1H3. The summed E-state index contributed by atoms with van der Waals surface area (Å²) in [7, 11) is 0. The Balaban J connectivity index is 2.76. The van der Waals surface area contributed by atoms with Crippen LogP contribution in [0.1, 0.15) is 18.9 Å². The number of benzene rings is 1. The quantitative estimate of drug-likeness (QED) is 0.882. The first-order valence-corrected chi connectivity index (χ1v) is 5.51. The lowest BCUT2D eigenvalue weighted by atomic mass is 9.97. The van der Waals surface area contributed by atoms with E-state index < -0.39 is 0 Å². The lowest BCUT2D eigenvalue weighted by molar-refractivity contribution is 0.221. The molecule has 14 heavy (non-hydrogen) atoms. The van der Waals surface area contributed by atoms with Gasteiger partial charge in [-0.25, -0.2) is 4.39 Å². The van der Waals surface area contributed by atoms with Crippen LogP contribution < -0.4 is 0 Å². The van der Waals surface area contributed by atoms with Crippen molar-refractivity contribution in [3.8, 4) is 0 Å². The van der Waals surface area contributed by atoms with Crippen LogP contribution in [0.25, 0.3) is 0 Å². The van der Waals surface area contributed by atoms with Gasteiger partial charge in [-0.3, -0.25) is 0 Å². The van der Waals surface area contributed by atoms with E-state index in [9.17, 15) is 4.39 Å². The SMILES string of the molecule is CCC(CO)Cc1ccc(Br)cc1F. The minimum absolute atomic E-state index is 0.117. The first-order chi connectivity index (χ1) is 6.67.